The molecule has 0 amide bonds. The molecule has 1 fully saturated rings. The predicted octanol–water partition coefficient (Wildman–Crippen LogP) is 4.50. The molecular weight excluding hydrogens is 601 g/mol. The van der Waals surface area contributed by atoms with Crippen LogP contribution in [-0.4, -0.2) is 50.7 Å². The minimum absolute atomic E-state index is 0. The third-order valence-corrected chi connectivity index (χ3v) is 7.27. The van der Waals surface area contributed by atoms with Crippen LogP contribution in [0.1, 0.15) is 103 Å². The first kappa shape index (κ1) is 33.1. The lowest BCUT2D eigenvalue weighted by atomic mass is 10.0. The number of rotatable bonds is 17. The summed E-state index contributed by atoms with van der Waals surface area (Å²) in [6, 6.07) is 0. The van der Waals surface area contributed by atoms with Crippen molar-refractivity contribution >= 4 is 46.8 Å². The van der Waals surface area contributed by atoms with Gasteiger partial charge in [0, 0.05) is 12.6 Å². The van der Waals surface area contributed by atoms with Gasteiger partial charge in [-0.25, -0.2) is 4.79 Å². The Bertz CT molecular complexity index is 827. The van der Waals surface area contributed by atoms with Crippen LogP contribution in [0.3, 0.4) is 0 Å². The molecule has 9 nitrogen and oxygen atoms in total. The summed E-state index contributed by atoms with van der Waals surface area (Å²) in [7, 11) is 0. The van der Waals surface area contributed by atoms with Gasteiger partial charge in [-0.3, -0.25) is 9.36 Å². The topological polar surface area (TPSA) is 137 Å². The number of nitrogens with zero attached hydrogens (tertiary/aromatic N) is 2. The van der Waals surface area contributed by atoms with Gasteiger partial charge in [-0.05, 0) is 29.0 Å². The lowest BCUT2D eigenvalue weighted by Crippen LogP contribution is -2.36. The van der Waals surface area contributed by atoms with E-state index in [-0.39, 0.29) is 30.8 Å². The number of nitrogens with two attached hydrogens (primary N) is 1. The number of esters is 1. The molecule has 0 saturated carbocycles. The van der Waals surface area contributed by atoms with Crippen LogP contribution in [0.2, 0.25) is 0 Å². The maximum Gasteiger partial charge on any atom is 0.351 e. The quantitative estimate of drug-likeness (QED) is 0.128. The van der Waals surface area contributed by atoms with E-state index in [2.05, 4.69) is 11.9 Å². The SMILES string of the molecule is CCCCCCCCCCCCCCCC(=O)OC[C@H]1O[C@@H](n2cc(I)c(N)nc2=O)[C@@H](O)[C@@H]1O.Cl. The number of carbonyl (C=O) groups is 1. The van der Waals surface area contributed by atoms with Crippen LogP contribution in [0, 0.1) is 3.57 Å². The van der Waals surface area contributed by atoms with E-state index in [0.29, 0.717) is 9.99 Å². The predicted molar refractivity (Wildman–Crippen MR) is 150 cm³/mol. The van der Waals surface area contributed by atoms with Crippen molar-refractivity contribution in [1.82, 2.24) is 9.55 Å². The summed E-state index contributed by atoms with van der Waals surface area (Å²) in [6.07, 6.45) is 13.0. The van der Waals surface area contributed by atoms with Crippen LogP contribution in [0.5, 0.6) is 0 Å². The number of nitrogen functional groups attached to an aromatic ring is 1. The number of aromatic nitrogens is 2. The molecular formula is C25H43ClIN3O6. The highest BCUT2D eigenvalue weighted by Crippen LogP contribution is 2.29. The molecule has 2 heterocycles. The van der Waals surface area contributed by atoms with Gasteiger partial charge in [-0.1, -0.05) is 84.0 Å². The Labute approximate surface area is 234 Å². The van der Waals surface area contributed by atoms with E-state index in [9.17, 15) is 19.8 Å². The van der Waals surface area contributed by atoms with Crippen molar-refractivity contribution < 1.29 is 24.5 Å². The van der Waals surface area contributed by atoms with Gasteiger partial charge in [0.2, 0.25) is 0 Å². The zero-order valence-corrected chi connectivity index (χ0v) is 24.3. The third-order valence-electron chi connectivity index (χ3n) is 6.44. The zero-order valence-electron chi connectivity index (χ0n) is 21.3. The average molecular weight is 644 g/mol. The molecule has 1 aromatic heterocycles. The summed E-state index contributed by atoms with van der Waals surface area (Å²) < 4.78 is 12.5. The highest BCUT2D eigenvalue weighted by atomic mass is 127. The molecule has 0 aliphatic carbocycles. The van der Waals surface area contributed by atoms with Crippen LogP contribution in [0.4, 0.5) is 5.82 Å². The second kappa shape index (κ2) is 18.3. The summed E-state index contributed by atoms with van der Waals surface area (Å²) in [5.41, 5.74) is 4.93. The molecule has 1 aliphatic rings. The molecule has 2 rings (SSSR count). The van der Waals surface area contributed by atoms with Crippen molar-refractivity contribution in [1.29, 1.82) is 0 Å². The van der Waals surface area contributed by atoms with Gasteiger partial charge in [0.25, 0.3) is 0 Å². The molecule has 4 N–H and O–H groups in total. The monoisotopic (exact) mass is 643 g/mol. The zero-order chi connectivity index (χ0) is 25.6. The van der Waals surface area contributed by atoms with Crippen LogP contribution in [0.25, 0.3) is 0 Å². The second-order valence-corrected chi connectivity index (χ2v) is 10.5. The summed E-state index contributed by atoms with van der Waals surface area (Å²) in [5.74, 6) is -0.277. The summed E-state index contributed by atoms with van der Waals surface area (Å²) in [5, 5.41) is 20.6. The second-order valence-electron chi connectivity index (χ2n) is 9.39. The van der Waals surface area contributed by atoms with Crippen LogP contribution >= 0.6 is 35.0 Å². The van der Waals surface area contributed by atoms with Crippen molar-refractivity contribution in [3.05, 3.63) is 20.3 Å². The Balaban J connectivity index is 0.00000648. The van der Waals surface area contributed by atoms with Gasteiger partial charge in [0.15, 0.2) is 6.23 Å². The lowest BCUT2D eigenvalue weighted by Gasteiger charge is -2.17. The van der Waals surface area contributed by atoms with E-state index in [0.717, 1.165) is 23.8 Å². The molecule has 1 saturated heterocycles. The van der Waals surface area contributed by atoms with Crippen molar-refractivity contribution in [3.8, 4) is 0 Å². The fourth-order valence-electron chi connectivity index (χ4n) is 4.27. The molecule has 0 bridgehead atoms. The number of ether oxygens (including phenoxy) is 2. The molecule has 1 aliphatic heterocycles. The molecule has 0 spiro atoms. The summed E-state index contributed by atoms with van der Waals surface area (Å²) in [6.45, 7) is 2.05. The number of halogens is 2. The van der Waals surface area contributed by atoms with E-state index < -0.39 is 30.2 Å². The van der Waals surface area contributed by atoms with Crippen molar-refractivity contribution in [3.63, 3.8) is 0 Å². The van der Waals surface area contributed by atoms with Gasteiger partial charge in [-0.15, -0.1) is 12.4 Å². The number of aliphatic hydroxyl groups is 2. The average Bonchev–Trinajstić information content (AvgIpc) is 3.11. The van der Waals surface area contributed by atoms with Gasteiger partial charge < -0.3 is 25.4 Å². The van der Waals surface area contributed by atoms with Gasteiger partial charge in [0.05, 0.1) is 3.57 Å². The molecule has 0 radical (unpaired) electrons. The number of anilines is 1. The Hall–Kier alpha value is -0.950. The van der Waals surface area contributed by atoms with Crippen LogP contribution < -0.4 is 11.4 Å². The first-order valence-electron chi connectivity index (χ1n) is 13.1. The van der Waals surface area contributed by atoms with Crippen molar-refractivity contribution in [2.24, 2.45) is 0 Å². The third kappa shape index (κ3) is 11.2. The molecule has 4 atom stereocenters. The maximum atomic E-state index is 12.1. The fraction of sp³-hybridized carbons (Fsp3) is 0.800. The van der Waals surface area contributed by atoms with Crippen LogP contribution in [0.15, 0.2) is 11.0 Å². The smallest absolute Gasteiger partial charge is 0.351 e. The van der Waals surface area contributed by atoms with Gasteiger partial charge in [0.1, 0.15) is 30.7 Å². The molecule has 0 aromatic carbocycles. The Morgan fingerprint density at radius 3 is 2.11 bits per heavy atom. The lowest BCUT2D eigenvalue weighted by molar-refractivity contribution is -0.150. The van der Waals surface area contributed by atoms with E-state index in [4.69, 9.17) is 15.2 Å². The number of hydrogen-bond donors (Lipinski definition) is 3. The highest BCUT2D eigenvalue weighted by molar-refractivity contribution is 14.1. The molecule has 36 heavy (non-hydrogen) atoms. The fourth-order valence-corrected chi connectivity index (χ4v) is 4.69. The van der Waals surface area contributed by atoms with Gasteiger partial charge in [-0.2, -0.15) is 4.98 Å². The Kier molecular flexibility index (Phi) is 16.8. The Morgan fingerprint density at radius 2 is 1.56 bits per heavy atom. The normalized spacial score (nSPS) is 21.3. The minimum Gasteiger partial charge on any atom is -0.463 e. The van der Waals surface area contributed by atoms with E-state index in [1.54, 1.807) is 0 Å². The first-order chi connectivity index (χ1) is 16.8. The number of hydrogen-bond acceptors (Lipinski definition) is 8. The number of unbranched alkanes of at least 4 members (excludes halogenated alkanes) is 12. The molecule has 1 aromatic rings. The summed E-state index contributed by atoms with van der Waals surface area (Å²) >= 11 is 1.91. The van der Waals surface area contributed by atoms with E-state index in [1.165, 1.54) is 70.4 Å². The number of carbonyl (C=O) groups excluding carboxylic acids is 1. The van der Waals surface area contributed by atoms with E-state index >= 15 is 0 Å². The number of aliphatic hydroxyl groups excluding tert-OH is 2. The maximum absolute atomic E-state index is 12.1. The molecule has 11 heteroatoms. The van der Waals surface area contributed by atoms with Crippen LogP contribution in [-0.2, 0) is 14.3 Å². The van der Waals surface area contributed by atoms with E-state index in [1.807, 2.05) is 22.6 Å². The standard InChI is InChI=1S/C25H42IN3O6.ClH/c1-2-3-4-5-6-7-8-9-10-11-12-13-14-15-20(30)34-17-19-21(31)22(32)24(35-19)29-16-18(26)23(27)28-25(29)33;/h16,19,21-22,24,31-32H,2-15,17H2,1H3,(H2,27,28,33);1H/t19-,21-,22+,24-;/m1./s1. The Morgan fingerprint density at radius 1 is 1.03 bits per heavy atom. The van der Waals surface area contributed by atoms with Crippen molar-refractivity contribution in [2.45, 2.75) is 121 Å². The largest absolute Gasteiger partial charge is 0.463 e. The summed E-state index contributed by atoms with van der Waals surface area (Å²) in [4.78, 5) is 27.9. The molecule has 0 unspecified atom stereocenters. The van der Waals surface area contributed by atoms with Crippen molar-refractivity contribution in [2.75, 3.05) is 12.3 Å². The first-order valence-corrected chi connectivity index (χ1v) is 14.1. The molecule has 208 valence electrons. The minimum atomic E-state index is -1.36. The van der Waals surface area contributed by atoms with Gasteiger partial charge >= 0.3 is 11.7 Å². The highest BCUT2D eigenvalue weighted by Gasteiger charge is 2.44.